The highest BCUT2D eigenvalue weighted by Gasteiger charge is 2.20. The summed E-state index contributed by atoms with van der Waals surface area (Å²) >= 11 is 0. The van der Waals surface area contributed by atoms with Crippen LogP contribution in [0.4, 0.5) is 4.79 Å². The molecule has 0 aromatic rings. The van der Waals surface area contributed by atoms with Crippen LogP contribution in [-0.4, -0.2) is 63.3 Å². The van der Waals surface area contributed by atoms with Crippen LogP contribution in [0.25, 0.3) is 0 Å². The van der Waals surface area contributed by atoms with E-state index in [0.29, 0.717) is 19.6 Å². The van der Waals surface area contributed by atoms with E-state index in [4.69, 9.17) is 14.2 Å². The maximum atomic E-state index is 11.9. The Hall–Kier alpha value is -0.850. The van der Waals surface area contributed by atoms with E-state index in [1.54, 1.807) is 19.1 Å². The number of amides is 1. The van der Waals surface area contributed by atoms with E-state index in [-0.39, 0.29) is 12.4 Å². The van der Waals surface area contributed by atoms with Crippen molar-refractivity contribution in [2.75, 3.05) is 40.4 Å². The van der Waals surface area contributed by atoms with Crippen molar-refractivity contribution < 1.29 is 19.0 Å². The van der Waals surface area contributed by atoms with E-state index >= 15 is 0 Å². The van der Waals surface area contributed by atoms with E-state index in [1.807, 2.05) is 27.7 Å². The number of methoxy groups -OCH3 is 2. The number of hydrogen-bond acceptors (Lipinski definition) is 5. The topological polar surface area (TPSA) is 60.0 Å². The molecule has 0 saturated carbocycles. The summed E-state index contributed by atoms with van der Waals surface area (Å²) in [5.41, 5.74) is -0.451. The molecule has 20 heavy (non-hydrogen) atoms. The monoisotopic (exact) mass is 290 g/mol. The molecule has 0 aliphatic carbocycles. The summed E-state index contributed by atoms with van der Waals surface area (Å²) in [7, 11) is 3.22. The smallest absolute Gasteiger partial charge is 0.410 e. The molecule has 1 N–H and O–H groups in total. The Kier molecular flexibility index (Phi) is 9.54. The first kappa shape index (κ1) is 19.1. The highest BCUT2D eigenvalue weighted by molar-refractivity contribution is 5.68. The van der Waals surface area contributed by atoms with Crippen molar-refractivity contribution in [1.82, 2.24) is 10.2 Å². The first-order chi connectivity index (χ1) is 9.34. The molecule has 0 rings (SSSR count). The molecule has 0 aliphatic rings. The number of carbonyl (C=O) groups is 1. The molecule has 6 heteroatoms. The zero-order valence-electron chi connectivity index (χ0n) is 13.7. The van der Waals surface area contributed by atoms with Crippen molar-refractivity contribution in [2.45, 2.75) is 46.0 Å². The molecular weight excluding hydrogens is 260 g/mol. The standard InChI is InChI=1S/C14H30N2O4/c1-7-16(13(17)20-14(2,3)4)10-8-9-15-11-12(18-5)19-6/h12,15H,7-11H2,1-6H3. The Balaban J connectivity index is 3.88. The third-order valence-electron chi connectivity index (χ3n) is 2.65. The Morgan fingerprint density at radius 3 is 2.30 bits per heavy atom. The summed E-state index contributed by atoms with van der Waals surface area (Å²) in [5, 5.41) is 3.23. The number of carbonyl (C=O) groups excluding carboxylic acids is 1. The average Bonchev–Trinajstić information content (AvgIpc) is 2.36. The zero-order chi connectivity index (χ0) is 15.6. The van der Waals surface area contributed by atoms with Gasteiger partial charge in [-0.25, -0.2) is 4.79 Å². The lowest BCUT2D eigenvalue weighted by Crippen LogP contribution is -2.38. The van der Waals surface area contributed by atoms with Crippen molar-refractivity contribution >= 4 is 6.09 Å². The minimum absolute atomic E-state index is 0.233. The summed E-state index contributed by atoms with van der Waals surface area (Å²) in [6.45, 7) is 10.3. The molecule has 0 radical (unpaired) electrons. The lowest BCUT2D eigenvalue weighted by molar-refractivity contribution is -0.0986. The van der Waals surface area contributed by atoms with E-state index in [2.05, 4.69) is 5.32 Å². The van der Waals surface area contributed by atoms with Gasteiger partial charge in [0.25, 0.3) is 0 Å². The van der Waals surface area contributed by atoms with Gasteiger partial charge in [0, 0.05) is 33.9 Å². The van der Waals surface area contributed by atoms with Gasteiger partial charge < -0.3 is 24.4 Å². The molecule has 0 bridgehead atoms. The minimum Gasteiger partial charge on any atom is -0.444 e. The fourth-order valence-corrected chi connectivity index (χ4v) is 1.58. The van der Waals surface area contributed by atoms with Crippen LogP contribution in [0.5, 0.6) is 0 Å². The maximum absolute atomic E-state index is 11.9. The van der Waals surface area contributed by atoms with Gasteiger partial charge in [0.2, 0.25) is 0 Å². The maximum Gasteiger partial charge on any atom is 0.410 e. The van der Waals surface area contributed by atoms with Crippen molar-refractivity contribution in [2.24, 2.45) is 0 Å². The van der Waals surface area contributed by atoms with Gasteiger partial charge in [-0.1, -0.05) is 0 Å². The summed E-state index contributed by atoms with van der Waals surface area (Å²) in [5.74, 6) is 0. The molecule has 6 nitrogen and oxygen atoms in total. The SMILES string of the molecule is CCN(CCCNCC(OC)OC)C(=O)OC(C)(C)C. The molecule has 0 saturated heterocycles. The zero-order valence-corrected chi connectivity index (χ0v) is 13.7. The van der Waals surface area contributed by atoms with Crippen LogP contribution in [0.3, 0.4) is 0 Å². The fourth-order valence-electron chi connectivity index (χ4n) is 1.58. The quantitative estimate of drug-likeness (QED) is 0.518. The first-order valence-corrected chi connectivity index (χ1v) is 7.08. The summed E-state index contributed by atoms with van der Waals surface area (Å²) in [4.78, 5) is 13.6. The molecule has 0 atom stereocenters. The largest absolute Gasteiger partial charge is 0.444 e. The van der Waals surface area contributed by atoms with Gasteiger partial charge in [-0.05, 0) is 40.7 Å². The molecule has 0 aromatic heterocycles. The Morgan fingerprint density at radius 2 is 1.85 bits per heavy atom. The third kappa shape index (κ3) is 9.12. The van der Waals surface area contributed by atoms with Gasteiger partial charge in [-0.15, -0.1) is 0 Å². The highest BCUT2D eigenvalue weighted by Crippen LogP contribution is 2.09. The average molecular weight is 290 g/mol. The predicted octanol–water partition coefficient (Wildman–Crippen LogP) is 1.84. The lowest BCUT2D eigenvalue weighted by Gasteiger charge is -2.26. The summed E-state index contributed by atoms with van der Waals surface area (Å²) in [6.07, 6.45) is 0.363. The van der Waals surface area contributed by atoms with Crippen molar-refractivity contribution in [3.05, 3.63) is 0 Å². The second-order valence-electron chi connectivity index (χ2n) is 5.52. The summed E-state index contributed by atoms with van der Waals surface area (Å²) < 4.78 is 15.5. The summed E-state index contributed by atoms with van der Waals surface area (Å²) in [6, 6.07) is 0. The molecule has 0 fully saturated rings. The molecular formula is C14H30N2O4. The van der Waals surface area contributed by atoms with Crippen LogP contribution in [0.15, 0.2) is 0 Å². The molecule has 0 aliphatic heterocycles. The van der Waals surface area contributed by atoms with E-state index in [0.717, 1.165) is 13.0 Å². The molecule has 0 spiro atoms. The Morgan fingerprint density at radius 1 is 1.25 bits per heavy atom. The van der Waals surface area contributed by atoms with Gasteiger partial charge in [0.1, 0.15) is 5.60 Å². The van der Waals surface area contributed by atoms with Gasteiger partial charge in [-0.2, -0.15) is 0 Å². The van der Waals surface area contributed by atoms with Crippen molar-refractivity contribution in [3.63, 3.8) is 0 Å². The Labute approximate surface area is 122 Å². The molecule has 120 valence electrons. The fraction of sp³-hybridized carbons (Fsp3) is 0.929. The number of ether oxygens (including phenoxy) is 3. The van der Waals surface area contributed by atoms with Crippen molar-refractivity contribution in [1.29, 1.82) is 0 Å². The number of hydrogen-bond donors (Lipinski definition) is 1. The molecule has 1 amide bonds. The second-order valence-corrected chi connectivity index (χ2v) is 5.52. The third-order valence-corrected chi connectivity index (χ3v) is 2.65. The second kappa shape index (κ2) is 9.96. The van der Waals surface area contributed by atoms with Crippen LogP contribution in [0.2, 0.25) is 0 Å². The number of nitrogens with one attached hydrogen (secondary N) is 1. The normalized spacial score (nSPS) is 11.8. The highest BCUT2D eigenvalue weighted by atomic mass is 16.7. The first-order valence-electron chi connectivity index (χ1n) is 7.08. The van der Waals surface area contributed by atoms with Gasteiger partial charge in [0.15, 0.2) is 6.29 Å². The van der Waals surface area contributed by atoms with Crippen LogP contribution in [0.1, 0.15) is 34.1 Å². The Bertz CT molecular complexity index is 262. The lowest BCUT2D eigenvalue weighted by atomic mass is 10.2. The van der Waals surface area contributed by atoms with Crippen LogP contribution in [-0.2, 0) is 14.2 Å². The van der Waals surface area contributed by atoms with Crippen LogP contribution >= 0.6 is 0 Å². The van der Waals surface area contributed by atoms with Crippen LogP contribution in [0, 0.1) is 0 Å². The van der Waals surface area contributed by atoms with E-state index in [1.165, 1.54) is 0 Å². The van der Waals surface area contributed by atoms with Gasteiger partial charge in [0.05, 0.1) is 0 Å². The van der Waals surface area contributed by atoms with Crippen LogP contribution < -0.4 is 5.32 Å². The number of rotatable bonds is 9. The number of nitrogens with zero attached hydrogens (tertiary/aromatic N) is 1. The minimum atomic E-state index is -0.451. The van der Waals surface area contributed by atoms with Gasteiger partial charge in [-0.3, -0.25) is 0 Å². The van der Waals surface area contributed by atoms with E-state index < -0.39 is 5.60 Å². The van der Waals surface area contributed by atoms with Gasteiger partial charge >= 0.3 is 6.09 Å². The van der Waals surface area contributed by atoms with Crippen molar-refractivity contribution in [3.8, 4) is 0 Å². The molecule has 0 aromatic carbocycles. The van der Waals surface area contributed by atoms with E-state index in [9.17, 15) is 4.79 Å². The molecule has 0 unspecified atom stereocenters. The predicted molar refractivity (Wildman–Crippen MR) is 78.8 cm³/mol. The molecule has 0 heterocycles.